The van der Waals surface area contributed by atoms with Gasteiger partial charge in [0.2, 0.25) is 0 Å². The minimum atomic E-state index is 0. The molecule has 0 aliphatic heterocycles. The molecule has 1 heterocycles. The second kappa shape index (κ2) is 5.02. The van der Waals surface area contributed by atoms with E-state index < -0.39 is 0 Å². The summed E-state index contributed by atoms with van der Waals surface area (Å²) in [7, 11) is 0. The van der Waals surface area contributed by atoms with Crippen LogP contribution in [-0.2, 0) is 6.54 Å². The fraction of sp³-hybridized carbons (Fsp3) is 0.286. The van der Waals surface area contributed by atoms with Crippen LogP contribution in [0.2, 0.25) is 0 Å². The van der Waals surface area contributed by atoms with E-state index in [1.54, 1.807) is 6.26 Å². The van der Waals surface area contributed by atoms with Crippen LogP contribution in [0.3, 0.4) is 0 Å². The highest BCUT2D eigenvalue weighted by atomic mass is 127. The van der Waals surface area contributed by atoms with Gasteiger partial charge in [0.1, 0.15) is 5.76 Å². The van der Waals surface area contributed by atoms with Crippen LogP contribution >= 0.6 is 24.0 Å². The monoisotopic (exact) mass is 281 g/mol. The highest BCUT2D eigenvalue weighted by molar-refractivity contribution is 14.0. The van der Waals surface area contributed by atoms with Crippen molar-refractivity contribution in [1.29, 1.82) is 0 Å². The molecular formula is C7H12IN3O. The zero-order valence-corrected chi connectivity index (χ0v) is 9.11. The van der Waals surface area contributed by atoms with Crippen LogP contribution in [-0.4, -0.2) is 5.96 Å². The molecule has 1 aromatic rings. The van der Waals surface area contributed by atoms with Crippen molar-refractivity contribution in [2.45, 2.75) is 13.5 Å². The Morgan fingerprint density at radius 1 is 1.58 bits per heavy atom. The molecule has 0 saturated carbocycles. The van der Waals surface area contributed by atoms with E-state index in [0.29, 0.717) is 6.54 Å². The number of rotatable bonds is 2. The molecule has 0 aliphatic carbocycles. The topological polar surface area (TPSA) is 77.5 Å². The van der Waals surface area contributed by atoms with Crippen molar-refractivity contribution in [1.82, 2.24) is 0 Å². The van der Waals surface area contributed by atoms with E-state index in [2.05, 4.69) is 4.99 Å². The molecule has 0 aliphatic rings. The summed E-state index contributed by atoms with van der Waals surface area (Å²) in [6, 6.07) is 1.85. The van der Waals surface area contributed by atoms with E-state index in [1.807, 2.05) is 13.0 Å². The Bertz CT molecular complexity index is 265. The van der Waals surface area contributed by atoms with Crippen molar-refractivity contribution in [2.24, 2.45) is 16.5 Å². The van der Waals surface area contributed by atoms with Crippen molar-refractivity contribution >= 4 is 29.9 Å². The van der Waals surface area contributed by atoms with Crippen LogP contribution < -0.4 is 11.5 Å². The number of guanidine groups is 1. The minimum absolute atomic E-state index is 0. The average Bonchev–Trinajstić information content (AvgIpc) is 2.31. The van der Waals surface area contributed by atoms with Gasteiger partial charge in [-0.25, -0.2) is 4.99 Å². The van der Waals surface area contributed by atoms with E-state index in [4.69, 9.17) is 15.9 Å². The zero-order chi connectivity index (χ0) is 8.27. The molecule has 68 valence electrons. The summed E-state index contributed by atoms with van der Waals surface area (Å²) in [5.74, 6) is 0.959. The van der Waals surface area contributed by atoms with E-state index in [0.717, 1.165) is 11.3 Å². The van der Waals surface area contributed by atoms with Crippen LogP contribution in [0.15, 0.2) is 21.7 Å². The van der Waals surface area contributed by atoms with Crippen molar-refractivity contribution in [3.63, 3.8) is 0 Å². The van der Waals surface area contributed by atoms with Crippen molar-refractivity contribution in [3.05, 3.63) is 23.7 Å². The first-order valence-corrected chi connectivity index (χ1v) is 3.28. The Morgan fingerprint density at radius 3 is 2.67 bits per heavy atom. The van der Waals surface area contributed by atoms with Gasteiger partial charge in [-0.3, -0.25) is 0 Å². The van der Waals surface area contributed by atoms with Crippen LogP contribution in [0.25, 0.3) is 0 Å². The lowest BCUT2D eigenvalue weighted by atomic mass is 10.3. The Hall–Kier alpha value is -0.720. The highest BCUT2D eigenvalue weighted by Crippen LogP contribution is 2.09. The molecule has 0 aromatic carbocycles. The summed E-state index contributed by atoms with van der Waals surface area (Å²) < 4.78 is 5.05. The number of halogens is 1. The van der Waals surface area contributed by atoms with Gasteiger partial charge in [-0.15, -0.1) is 24.0 Å². The fourth-order valence-corrected chi connectivity index (χ4v) is 0.752. The lowest BCUT2D eigenvalue weighted by molar-refractivity contribution is 0.530. The van der Waals surface area contributed by atoms with Crippen LogP contribution in [0.5, 0.6) is 0 Å². The first kappa shape index (κ1) is 11.3. The molecule has 12 heavy (non-hydrogen) atoms. The first-order chi connectivity index (χ1) is 5.20. The molecule has 0 fully saturated rings. The normalized spacial score (nSPS) is 8.75. The maximum Gasteiger partial charge on any atom is 0.186 e. The molecule has 0 radical (unpaired) electrons. The van der Waals surface area contributed by atoms with Crippen molar-refractivity contribution < 1.29 is 4.42 Å². The quantitative estimate of drug-likeness (QED) is 0.482. The third-order valence-electron chi connectivity index (χ3n) is 1.40. The maximum absolute atomic E-state index is 5.16. The summed E-state index contributed by atoms with van der Waals surface area (Å²) in [5, 5.41) is 0. The Morgan fingerprint density at radius 2 is 2.25 bits per heavy atom. The van der Waals surface area contributed by atoms with Gasteiger partial charge in [0.05, 0.1) is 12.8 Å². The number of hydrogen-bond donors (Lipinski definition) is 2. The molecule has 0 atom stereocenters. The van der Waals surface area contributed by atoms with Crippen LogP contribution in [0, 0.1) is 6.92 Å². The Kier molecular flexibility index (Phi) is 4.72. The third-order valence-corrected chi connectivity index (χ3v) is 1.40. The lowest BCUT2D eigenvalue weighted by Crippen LogP contribution is -2.22. The Balaban J connectivity index is 0.00000121. The SMILES string of the molecule is Cc1occc1CN=C(N)N.I. The van der Waals surface area contributed by atoms with Gasteiger partial charge in [0, 0.05) is 5.56 Å². The number of nitrogens with zero attached hydrogens (tertiary/aromatic N) is 1. The molecule has 1 rings (SSSR count). The Labute approximate surface area is 88.0 Å². The summed E-state index contributed by atoms with van der Waals surface area (Å²) >= 11 is 0. The third kappa shape index (κ3) is 3.12. The largest absolute Gasteiger partial charge is 0.469 e. The predicted octanol–water partition coefficient (Wildman–Crippen LogP) is 0.979. The van der Waals surface area contributed by atoms with Gasteiger partial charge in [-0.2, -0.15) is 0 Å². The summed E-state index contributed by atoms with van der Waals surface area (Å²) in [5.41, 5.74) is 11.3. The summed E-state index contributed by atoms with van der Waals surface area (Å²) in [4.78, 5) is 3.84. The smallest absolute Gasteiger partial charge is 0.186 e. The van der Waals surface area contributed by atoms with E-state index in [-0.39, 0.29) is 29.9 Å². The molecule has 4 N–H and O–H groups in total. The molecular weight excluding hydrogens is 269 g/mol. The first-order valence-electron chi connectivity index (χ1n) is 3.28. The van der Waals surface area contributed by atoms with Gasteiger partial charge in [0.25, 0.3) is 0 Å². The number of furan rings is 1. The van der Waals surface area contributed by atoms with Gasteiger partial charge in [-0.1, -0.05) is 0 Å². The zero-order valence-electron chi connectivity index (χ0n) is 6.78. The van der Waals surface area contributed by atoms with E-state index in [9.17, 15) is 0 Å². The number of aryl methyl sites for hydroxylation is 1. The van der Waals surface area contributed by atoms with Gasteiger partial charge >= 0.3 is 0 Å². The molecule has 4 nitrogen and oxygen atoms in total. The summed E-state index contributed by atoms with van der Waals surface area (Å²) in [6.45, 7) is 2.36. The van der Waals surface area contributed by atoms with Gasteiger partial charge in [-0.05, 0) is 13.0 Å². The van der Waals surface area contributed by atoms with Crippen LogP contribution in [0.1, 0.15) is 11.3 Å². The molecule has 1 aromatic heterocycles. The molecule has 0 unspecified atom stereocenters. The minimum Gasteiger partial charge on any atom is -0.469 e. The number of nitrogens with two attached hydrogens (primary N) is 2. The van der Waals surface area contributed by atoms with Crippen LogP contribution in [0.4, 0.5) is 0 Å². The van der Waals surface area contributed by atoms with Crippen molar-refractivity contribution in [2.75, 3.05) is 0 Å². The second-order valence-corrected chi connectivity index (χ2v) is 2.24. The molecule has 0 saturated heterocycles. The van der Waals surface area contributed by atoms with E-state index >= 15 is 0 Å². The van der Waals surface area contributed by atoms with Gasteiger partial charge in [0.15, 0.2) is 5.96 Å². The number of hydrogen-bond acceptors (Lipinski definition) is 2. The summed E-state index contributed by atoms with van der Waals surface area (Å²) in [6.07, 6.45) is 1.62. The lowest BCUT2D eigenvalue weighted by Gasteiger charge is -1.92. The predicted molar refractivity (Wildman–Crippen MR) is 58.4 cm³/mol. The standard InChI is InChI=1S/C7H11N3O.HI/c1-5-6(2-3-11-5)4-10-7(8)9;/h2-3H,4H2,1H3,(H4,8,9,10);1H. The molecule has 5 heteroatoms. The van der Waals surface area contributed by atoms with Crippen molar-refractivity contribution in [3.8, 4) is 0 Å². The second-order valence-electron chi connectivity index (χ2n) is 2.24. The fourth-order valence-electron chi connectivity index (χ4n) is 0.752. The molecule has 0 bridgehead atoms. The molecule has 0 amide bonds. The van der Waals surface area contributed by atoms with Gasteiger partial charge < -0.3 is 15.9 Å². The highest BCUT2D eigenvalue weighted by Gasteiger charge is 1.98. The molecule has 0 spiro atoms. The maximum atomic E-state index is 5.16. The van der Waals surface area contributed by atoms with E-state index in [1.165, 1.54) is 0 Å². The number of aliphatic imine (C=N–C) groups is 1. The average molecular weight is 281 g/mol.